The van der Waals surface area contributed by atoms with Gasteiger partial charge in [-0.25, -0.2) is 0 Å². The molecule has 0 spiro atoms. The number of nitrogens with one attached hydrogen (secondary N) is 1. The van der Waals surface area contributed by atoms with Crippen molar-refractivity contribution in [1.29, 1.82) is 0 Å². The first kappa shape index (κ1) is 21.0. The van der Waals surface area contributed by atoms with Gasteiger partial charge in [0.2, 0.25) is 5.91 Å². The molecule has 0 saturated carbocycles. The minimum atomic E-state index is -0.0627. The van der Waals surface area contributed by atoms with E-state index in [-0.39, 0.29) is 12.3 Å². The van der Waals surface area contributed by atoms with Crippen molar-refractivity contribution in [2.75, 3.05) is 56.7 Å². The van der Waals surface area contributed by atoms with Crippen LogP contribution in [0.3, 0.4) is 0 Å². The second-order valence-corrected chi connectivity index (χ2v) is 7.22. The minimum absolute atomic E-state index is 0.0627. The molecular weight excluding hydrogens is 366 g/mol. The van der Waals surface area contributed by atoms with Crippen LogP contribution >= 0.6 is 0 Å². The van der Waals surface area contributed by atoms with Crippen molar-refractivity contribution >= 4 is 17.3 Å². The SMILES string of the molecule is CCN1CCN(c2ccc(NC(=O)CCOc3ccccc3OC)c(C)c2)CC1. The lowest BCUT2D eigenvalue weighted by molar-refractivity contribution is -0.116. The zero-order valence-corrected chi connectivity index (χ0v) is 17.6. The molecule has 1 fully saturated rings. The molecule has 2 aromatic rings. The fourth-order valence-electron chi connectivity index (χ4n) is 3.51. The summed E-state index contributed by atoms with van der Waals surface area (Å²) in [4.78, 5) is 17.2. The molecule has 6 heteroatoms. The highest BCUT2D eigenvalue weighted by atomic mass is 16.5. The Kier molecular flexibility index (Phi) is 7.36. The van der Waals surface area contributed by atoms with Crippen molar-refractivity contribution in [3.63, 3.8) is 0 Å². The number of piperazine rings is 1. The van der Waals surface area contributed by atoms with Crippen molar-refractivity contribution < 1.29 is 14.3 Å². The summed E-state index contributed by atoms with van der Waals surface area (Å²) in [7, 11) is 1.60. The molecule has 0 aromatic heterocycles. The van der Waals surface area contributed by atoms with Gasteiger partial charge in [-0.2, -0.15) is 0 Å². The van der Waals surface area contributed by atoms with Crippen LogP contribution in [0.5, 0.6) is 11.5 Å². The fourth-order valence-corrected chi connectivity index (χ4v) is 3.51. The maximum Gasteiger partial charge on any atom is 0.227 e. The van der Waals surface area contributed by atoms with E-state index in [0.717, 1.165) is 44.0 Å². The van der Waals surface area contributed by atoms with Gasteiger partial charge >= 0.3 is 0 Å². The van der Waals surface area contributed by atoms with Crippen LogP contribution in [0.2, 0.25) is 0 Å². The topological polar surface area (TPSA) is 54.0 Å². The van der Waals surface area contributed by atoms with E-state index in [2.05, 4.69) is 34.2 Å². The van der Waals surface area contributed by atoms with Crippen LogP contribution in [-0.4, -0.2) is 57.2 Å². The second-order valence-electron chi connectivity index (χ2n) is 7.22. The molecule has 1 heterocycles. The van der Waals surface area contributed by atoms with Crippen LogP contribution in [0.1, 0.15) is 18.9 Å². The highest BCUT2D eigenvalue weighted by Gasteiger charge is 2.16. The number of benzene rings is 2. The number of amides is 1. The number of ether oxygens (including phenoxy) is 2. The third kappa shape index (κ3) is 5.64. The predicted octanol–water partition coefficient (Wildman–Crippen LogP) is 3.55. The maximum atomic E-state index is 12.3. The Morgan fingerprint density at radius 3 is 2.45 bits per heavy atom. The molecule has 0 radical (unpaired) electrons. The summed E-state index contributed by atoms with van der Waals surface area (Å²) in [5.41, 5.74) is 3.14. The number of aryl methyl sites for hydroxylation is 1. The average molecular weight is 398 g/mol. The summed E-state index contributed by atoms with van der Waals surface area (Å²) >= 11 is 0. The Balaban J connectivity index is 1.50. The molecule has 1 aliphatic heterocycles. The summed E-state index contributed by atoms with van der Waals surface area (Å²) < 4.78 is 10.9. The lowest BCUT2D eigenvalue weighted by Crippen LogP contribution is -2.46. The monoisotopic (exact) mass is 397 g/mol. The Bertz CT molecular complexity index is 817. The zero-order valence-electron chi connectivity index (χ0n) is 17.6. The molecule has 0 atom stereocenters. The molecule has 1 N–H and O–H groups in total. The van der Waals surface area contributed by atoms with Gasteiger partial charge in [-0.15, -0.1) is 0 Å². The van der Waals surface area contributed by atoms with Crippen LogP contribution < -0.4 is 19.7 Å². The number of likely N-dealkylation sites (N-methyl/N-ethyl adjacent to an activating group) is 1. The predicted molar refractivity (Wildman–Crippen MR) is 117 cm³/mol. The van der Waals surface area contributed by atoms with Crippen molar-refractivity contribution in [3.05, 3.63) is 48.0 Å². The molecule has 1 amide bonds. The molecule has 29 heavy (non-hydrogen) atoms. The molecule has 3 rings (SSSR count). The van der Waals surface area contributed by atoms with E-state index in [9.17, 15) is 4.79 Å². The Morgan fingerprint density at radius 1 is 1.07 bits per heavy atom. The Hall–Kier alpha value is -2.73. The first-order valence-electron chi connectivity index (χ1n) is 10.2. The van der Waals surface area contributed by atoms with Gasteiger partial charge in [0.25, 0.3) is 0 Å². The number of anilines is 2. The number of nitrogens with zero attached hydrogens (tertiary/aromatic N) is 2. The van der Waals surface area contributed by atoms with Gasteiger partial charge in [0, 0.05) is 37.6 Å². The minimum Gasteiger partial charge on any atom is -0.493 e. The van der Waals surface area contributed by atoms with Crippen LogP contribution in [0.4, 0.5) is 11.4 Å². The summed E-state index contributed by atoms with van der Waals surface area (Å²) in [5.74, 6) is 1.25. The van der Waals surface area contributed by atoms with Crippen molar-refractivity contribution in [1.82, 2.24) is 4.90 Å². The Morgan fingerprint density at radius 2 is 1.79 bits per heavy atom. The molecule has 6 nitrogen and oxygen atoms in total. The maximum absolute atomic E-state index is 12.3. The molecule has 1 aliphatic rings. The lowest BCUT2D eigenvalue weighted by Gasteiger charge is -2.35. The van der Waals surface area contributed by atoms with E-state index in [1.165, 1.54) is 5.69 Å². The highest BCUT2D eigenvalue weighted by Crippen LogP contribution is 2.26. The summed E-state index contributed by atoms with van der Waals surface area (Å²) in [5, 5.41) is 2.99. The first-order chi connectivity index (χ1) is 14.1. The van der Waals surface area contributed by atoms with Gasteiger partial charge in [0.15, 0.2) is 11.5 Å². The van der Waals surface area contributed by atoms with E-state index in [1.54, 1.807) is 7.11 Å². The largest absolute Gasteiger partial charge is 0.493 e. The molecule has 0 aliphatic carbocycles. The van der Waals surface area contributed by atoms with Gasteiger partial charge in [0.05, 0.1) is 20.1 Å². The van der Waals surface area contributed by atoms with E-state index in [1.807, 2.05) is 37.3 Å². The number of carbonyl (C=O) groups is 1. The van der Waals surface area contributed by atoms with E-state index in [4.69, 9.17) is 9.47 Å². The lowest BCUT2D eigenvalue weighted by atomic mass is 10.1. The fraction of sp³-hybridized carbons (Fsp3) is 0.435. The number of hydrogen-bond donors (Lipinski definition) is 1. The molecule has 0 bridgehead atoms. The highest BCUT2D eigenvalue weighted by molar-refractivity contribution is 5.91. The molecule has 2 aromatic carbocycles. The van der Waals surface area contributed by atoms with Crippen LogP contribution in [0.25, 0.3) is 0 Å². The van der Waals surface area contributed by atoms with E-state index in [0.29, 0.717) is 18.1 Å². The summed E-state index contributed by atoms with van der Waals surface area (Å²) in [6.45, 7) is 9.92. The zero-order chi connectivity index (χ0) is 20.6. The number of hydrogen-bond acceptors (Lipinski definition) is 5. The van der Waals surface area contributed by atoms with Crippen LogP contribution in [0, 0.1) is 6.92 Å². The average Bonchev–Trinajstić information content (AvgIpc) is 2.75. The summed E-state index contributed by atoms with van der Waals surface area (Å²) in [6.07, 6.45) is 0.276. The normalized spacial score (nSPS) is 14.5. The number of para-hydroxylation sites is 2. The second kappa shape index (κ2) is 10.2. The molecule has 1 saturated heterocycles. The third-order valence-corrected chi connectivity index (χ3v) is 5.32. The van der Waals surface area contributed by atoms with Gasteiger partial charge in [-0.05, 0) is 49.4 Å². The van der Waals surface area contributed by atoms with Gasteiger partial charge in [0.1, 0.15) is 0 Å². The van der Waals surface area contributed by atoms with E-state index < -0.39 is 0 Å². The molecular formula is C23H31N3O3. The standard InChI is InChI=1S/C23H31N3O3/c1-4-25-12-14-26(15-13-25)19-9-10-20(18(2)17-19)24-23(27)11-16-29-22-8-6-5-7-21(22)28-3/h5-10,17H,4,11-16H2,1-3H3,(H,24,27). The number of carbonyl (C=O) groups excluding carboxylic acids is 1. The van der Waals surface area contributed by atoms with Crippen molar-refractivity contribution in [2.45, 2.75) is 20.3 Å². The number of rotatable bonds is 8. The molecule has 156 valence electrons. The smallest absolute Gasteiger partial charge is 0.227 e. The van der Waals surface area contributed by atoms with Crippen molar-refractivity contribution in [3.8, 4) is 11.5 Å². The summed E-state index contributed by atoms with van der Waals surface area (Å²) in [6, 6.07) is 13.7. The quantitative estimate of drug-likeness (QED) is 0.738. The Labute approximate surface area is 173 Å². The van der Waals surface area contributed by atoms with Gasteiger partial charge < -0.3 is 24.6 Å². The first-order valence-corrected chi connectivity index (χ1v) is 10.2. The van der Waals surface area contributed by atoms with Crippen molar-refractivity contribution in [2.24, 2.45) is 0 Å². The van der Waals surface area contributed by atoms with Gasteiger partial charge in [-0.3, -0.25) is 4.79 Å². The van der Waals surface area contributed by atoms with Gasteiger partial charge in [-0.1, -0.05) is 19.1 Å². The van der Waals surface area contributed by atoms with Crippen LogP contribution in [-0.2, 0) is 4.79 Å². The van der Waals surface area contributed by atoms with E-state index >= 15 is 0 Å². The third-order valence-electron chi connectivity index (χ3n) is 5.32. The molecule has 0 unspecified atom stereocenters. The number of methoxy groups -OCH3 is 1. The van der Waals surface area contributed by atoms with Crippen LogP contribution in [0.15, 0.2) is 42.5 Å².